The molecule has 218 valence electrons. The lowest BCUT2D eigenvalue weighted by molar-refractivity contribution is -0.118. The number of alkyl carbamates (subject to hydrolysis) is 1. The summed E-state index contributed by atoms with van der Waals surface area (Å²) >= 11 is 0. The van der Waals surface area contributed by atoms with E-state index in [2.05, 4.69) is 20.8 Å². The third-order valence-electron chi connectivity index (χ3n) is 6.65. The van der Waals surface area contributed by atoms with Gasteiger partial charge in [0.25, 0.3) is 5.91 Å². The fourth-order valence-electron chi connectivity index (χ4n) is 4.65. The molecule has 41 heavy (non-hydrogen) atoms. The summed E-state index contributed by atoms with van der Waals surface area (Å²) in [5.74, 6) is 1.42. The minimum Gasteiger partial charge on any atom is -0.497 e. The molecule has 1 heterocycles. The molecule has 1 aromatic heterocycles. The Morgan fingerprint density at radius 2 is 1.83 bits per heavy atom. The van der Waals surface area contributed by atoms with Crippen LogP contribution in [0.2, 0.25) is 0 Å². The molecule has 0 unspecified atom stereocenters. The van der Waals surface area contributed by atoms with Gasteiger partial charge < -0.3 is 29.6 Å². The Morgan fingerprint density at radius 3 is 2.51 bits per heavy atom. The first-order chi connectivity index (χ1) is 19.7. The van der Waals surface area contributed by atoms with Crippen molar-refractivity contribution in [3.63, 3.8) is 0 Å². The third kappa shape index (κ3) is 8.23. The average Bonchev–Trinajstić information content (AvgIpc) is 3.60. The van der Waals surface area contributed by atoms with Crippen molar-refractivity contribution in [2.45, 2.75) is 64.7 Å². The number of methoxy groups -OCH3 is 1. The van der Waals surface area contributed by atoms with Crippen LogP contribution in [0.3, 0.4) is 0 Å². The number of nitrogens with one attached hydrogen (secondary N) is 3. The predicted octanol–water partition coefficient (Wildman–Crippen LogP) is 4.91. The summed E-state index contributed by atoms with van der Waals surface area (Å²) in [6, 6.07) is 12.6. The van der Waals surface area contributed by atoms with Crippen molar-refractivity contribution in [1.82, 2.24) is 15.5 Å². The summed E-state index contributed by atoms with van der Waals surface area (Å²) < 4.78 is 22.3. The van der Waals surface area contributed by atoms with Gasteiger partial charge in [-0.3, -0.25) is 14.7 Å². The quantitative estimate of drug-likeness (QED) is 0.264. The van der Waals surface area contributed by atoms with Gasteiger partial charge in [-0.15, -0.1) is 0 Å². The molecule has 3 aromatic rings. The number of hydrogen-bond donors (Lipinski definition) is 3. The van der Waals surface area contributed by atoms with Gasteiger partial charge in [-0.05, 0) is 75.4 Å². The number of aryl methyl sites for hydroxylation is 1. The third-order valence-corrected chi connectivity index (χ3v) is 6.65. The molecule has 1 saturated carbocycles. The zero-order valence-electron chi connectivity index (χ0n) is 23.7. The molecule has 11 nitrogen and oxygen atoms in total. The van der Waals surface area contributed by atoms with Gasteiger partial charge in [0, 0.05) is 23.7 Å². The summed E-state index contributed by atoms with van der Waals surface area (Å²) in [5.41, 5.74) is 2.80. The molecule has 0 bridgehead atoms. The number of benzene rings is 2. The van der Waals surface area contributed by atoms with Crippen LogP contribution in [-0.2, 0) is 16.1 Å². The second kappa shape index (κ2) is 13.7. The largest absolute Gasteiger partial charge is 0.497 e. The number of aldehydes is 1. The van der Waals surface area contributed by atoms with E-state index in [0.717, 1.165) is 35.4 Å². The molecule has 2 aromatic carbocycles. The molecule has 0 radical (unpaired) electrons. The van der Waals surface area contributed by atoms with E-state index in [1.165, 1.54) is 0 Å². The van der Waals surface area contributed by atoms with Crippen molar-refractivity contribution >= 4 is 24.1 Å². The van der Waals surface area contributed by atoms with Crippen LogP contribution in [0.4, 0.5) is 10.6 Å². The molecule has 1 aliphatic rings. The monoisotopic (exact) mass is 564 g/mol. The molecule has 11 heteroatoms. The van der Waals surface area contributed by atoms with E-state index in [1.54, 1.807) is 25.3 Å². The summed E-state index contributed by atoms with van der Waals surface area (Å²) in [6.07, 6.45) is 2.34. The van der Waals surface area contributed by atoms with Crippen LogP contribution in [0, 0.1) is 6.92 Å². The lowest BCUT2D eigenvalue weighted by atomic mass is 10.0. The minimum absolute atomic E-state index is 0.0129. The summed E-state index contributed by atoms with van der Waals surface area (Å²) in [4.78, 5) is 36.4. The summed E-state index contributed by atoms with van der Waals surface area (Å²) in [5, 5.41) is 12.6. The van der Waals surface area contributed by atoms with E-state index in [-0.39, 0.29) is 42.6 Å². The number of anilines is 1. The van der Waals surface area contributed by atoms with Gasteiger partial charge in [-0.2, -0.15) is 5.10 Å². The van der Waals surface area contributed by atoms with Crippen molar-refractivity contribution < 1.29 is 33.3 Å². The van der Waals surface area contributed by atoms with Crippen LogP contribution in [0.5, 0.6) is 17.2 Å². The van der Waals surface area contributed by atoms with Crippen LogP contribution in [0.1, 0.15) is 66.2 Å². The van der Waals surface area contributed by atoms with Crippen molar-refractivity contribution in [2.24, 2.45) is 0 Å². The first kappa shape index (κ1) is 29.4. The van der Waals surface area contributed by atoms with E-state index in [4.69, 9.17) is 18.9 Å². The summed E-state index contributed by atoms with van der Waals surface area (Å²) in [7, 11) is 1.60. The van der Waals surface area contributed by atoms with Crippen molar-refractivity contribution in [3.05, 3.63) is 64.8 Å². The van der Waals surface area contributed by atoms with Gasteiger partial charge in [0.05, 0.1) is 12.7 Å². The Morgan fingerprint density at radius 1 is 1.10 bits per heavy atom. The smallest absolute Gasteiger partial charge is 0.407 e. The Labute approximate surface area is 238 Å². The lowest BCUT2D eigenvalue weighted by Crippen LogP contribution is -2.33. The Kier molecular flexibility index (Phi) is 9.83. The molecule has 0 spiro atoms. The fourth-order valence-corrected chi connectivity index (χ4v) is 4.65. The molecule has 3 N–H and O–H groups in total. The zero-order chi connectivity index (χ0) is 29.4. The molecule has 1 fully saturated rings. The van der Waals surface area contributed by atoms with Crippen LogP contribution >= 0.6 is 0 Å². The molecule has 2 amide bonds. The minimum atomic E-state index is -0.430. The highest BCUT2D eigenvalue weighted by Crippen LogP contribution is 2.36. The van der Waals surface area contributed by atoms with Crippen LogP contribution in [0.25, 0.3) is 0 Å². The number of H-pyrrole nitrogens is 1. The van der Waals surface area contributed by atoms with E-state index in [0.29, 0.717) is 24.3 Å². The number of carbonyl (C=O) groups excluding carboxylic acids is 3. The highest BCUT2D eigenvalue weighted by molar-refractivity contribution is 5.91. The van der Waals surface area contributed by atoms with Gasteiger partial charge in [0.1, 0.15) is 30.0 Å². The number of ether oxygens (including phenoxy) is 4. The number of rotatable bonds is 12. The first-order valence-electron chi connectivity index (χ1n) is 13.5. The average molecular weight is 565 g/mol. The fraction of sp³-hybridized carbons (Fsp3) is 0.400. The molecule has 4 rings (SSSR count). The Bertz CT molecular complexity index is 1350. The van der Waals surface area contributed by atoms with E-state index in [1.807, 2.05) is 45.0 Å². The number of amides is 2. The van der Waals surface area contributed by atoms with Gasteiger partial charge >= 0.3 is 6.09 Å². The summed E-state index contributed by atoms with van der Waals surface area (Å²) in [6.45, 7) is 5.53. The molecule has 0 saturated heterocycles. The number of hydrogen-bond acceptors (Lipinski definition) is 8. The molecule has 2 atom stereocenters. The maximum Gasteiger partial charge on any atom is 0.407 e. The highest BCUT2D eigenvalue weighted by Gasteiger charge is 2.30. The molecular formula is C30H36N4O7. The van der Waals surface area contributed by atoms with Crippen molar-refractivity contribution in [2.75, 3.05) is 19.0 Å². The second-order valence-electron chi connectivity index (χ2n) is 10.3. The van der Waals surface area contributed by atoms with E-state index < -0.39 is 12.0 Å². The number of carbonyl (C=O) groups is 3. The van der Waals surface area contributed by atoms with E-state index >= 15 is 0 Å². The predicted molar refractivity (Wildman–Crippen MR) is 152 cm³/mol. The molecular weight excluding hydrogens is 528 g/mol. The number of aromatic nitrogens is 2. The van der Waals surface area contributed by atoms with Crippen LogP contribution in [0.15, 0.2) is 42.5 Å². The highest BCUT2D eigenvalue weighted by atomic mass is 16.6. The Balaban J connectivity index is 1.30. The standard InChI is InChI=1S/C30H36N4O7/c1-18(2)31-30(37)41-23-10-7-21(13-23)25-14-28(34-33-25)32-29(36)17-40-27-12-19(3)11-26(24(27)15-35)39-16-20-5-8-22(38-4)9-6-20/h5-6,8-9,11-12,14-15,18,21,23H,7,10,13,16-17H2,1-4H3,(H,31,37)(H2,32,33,34,36)/t21-,23+/m0/s1. The van der Waals surface area contributed by atoms with Gasteiger partial charge in [0.15, 0.2) is 18.7 Å². The van der Waals surface area contributed by atoms with Gasteiger partial charge in [0.2, 0.25) is 0 Å². The van der Waals surface area contributed by atoms with Crippen LogP contribution in [-0.4, -0.2) is 54.3 Å². The topological polar surface area (TPSA) is 141 Å². The SMILES string of the molecule is COc1ccc(COc2cc(C)cc(OCC(=O)Nc3cc([C@H]4CC[C@@H](OC(=O)NC(C)C)C4)[nH]n3)c2C=O)cc1. The van der Waals surface area contributed by atoms with Crippen LogP contribution < -0.4 is 24.8 Å². The maximum absolute atomic E-state index is 12.6. The molecule has 1 aliphatic carbocycles. The normalized spacial score (nSPS) is 16.2. The van der Waals surface area contributed by atoms with Gasteiger partial charge in [-0.25, -0.2) is 4.79 Å². The Hall–Kier alpha value is -4.54. The maximum atomic E-state index is 12.6. The zero-order valence-corrected chi connectivity index (χ0v) is 23.7. The van der Waals surface area contributed by atoms with Crippen molar-refractivity contribution in [1.29, 1.82) is 0 Å². The number of nitrogens with zero attached hydrogens (tertiary/aromatic N) is 1. The van der Waals surface area contributed by atoms with Crippen molar-refractivity contribution in [3.8, 4) is 17.2 Å². The second-order valence-corrected chi connectivity index (χ2v) is 10.3. The van der Waals surface area contributed by atoms with E-state index in [9.17, 15) is 14.4 Å². The molecule has 0 aliphatic heterocycles. The number of aromatic amines is 1. The first-order valence-corrected chi connectivity index (χ1v) is 13.5. The lowest BCUT2D eigenvalue weighted by Gasteiger charge is -2.14. The van der Waals surface area contributed by atoms with Gasteiger partial charge in [-0.1, -0.05) is 12.1 Å².